The first-order valence-corrected chi connectivity index (χ1v) is 19.6. The van der Waals surface area contributed by atoms with Gasteiger partial charge in [0.15, 0.2) is 0 Å². The van der Waals surface area contributed by atoms with Crippen LogP contribution in [0, 0.1) is 0 Å². The molecule has 0 bridgehead atoms. The van der Waals surface area contributed by atoms with E-state index >= 15 is 0 Å². The summed E-state index contributed by atoms with van der Waals surface area (Å²) in [5.74, 6) is 0. The highest BCUT2D eigenvalue weighted by molar-refractivity contribution is 6.28. The second-order valence-corrected chi connectivity index (χ2v) is 15.4. The Morgan fingerprint density at radius 3 is 1.37 bits per heavy atom. The van der Waals surface area contributed by atoms with Crippen molar-refractivity contribution in [2.75, 3.05) is 0 Å². The molecule has 1 heterocycles. The molecular formula is C56H32O. The number of benzene rings is 12. The molecule has 0 aliphatic rings. The quantitative estimate of drug-likeness (QED) is 0.165. The lowest BCUT2D eigenvalue weighted by Gasteiger charge is -2.22. The minimum atomic E-state index is 0.390. The highest BCUT2D eigenvalue weighted by Gasteiger charge is 2.22. The molecule has 0 unspecified atom stereocenters. The Hall–Kier alpha value is -7.48. The SMILES string of the molecule is [2H]c1c(-c2ccccc2)c(-c2ccc3ccc4cccc5ccc2c3c45)c([2H])c(-c2ccc3ccc4cccc5ccc2c3c45)c1-c1ccc2oc3ccccc3c2c1. The van der Waals surface area contributed by atoms with E-state index in [0.29, 0.717) is 12.1 Å². The maximum atomic E-state index is 10.7. The molecule has 1 aromatic heterocycles. The summed E-state index contributed by atoms with van der Waals surface area (Å²) in [5, 5.41) is 16.1. The van der Waals surface area contributed by atoms with Gasteiger partial charge in [0.05, 0.1) is 2.74 Å². The van der Waals surface area contributed by atoms with E-state index in [4.69, 9.17) is 4.42 Å². The fraction of sp³-hybridized carbons (Fsp3) is 0. The van der Waals surface area contributed by atoms with Gasteiger partial charge in [0.1, 0.15) is 11.2 Å². The summed E-state index contributed by atoms with van der Waals surface area (Å²) in [6.07, 6.45) is 0. The van der Waals surface area contributed by atoms with Gasteiger partial charge in [-0.15, -0.1) is 0 Å². The van der Waals surface area contributed by atoms with Crippen LogP contribution in [0.25, 0.3) is 131 Å². The number of furan rings is 1. The van der Waals surface area contributed by atoms with Crippen molar-refractivity contribution in [3.63, 3.8) is 0 Å². The molecule has 0 saturated carbocycles. The van der Waals surface area contributed by atoms with Crippen LogP contribution in [0.4, 0.5) is 0 Å². The first-order chi connectivity index (χ1) is 29.1. The van der Waals surface area contributed by atoms with Gasteiger partial charge in [-0.1, -0.05) is 164 Å². The van der Waals surface area contributed by atoms with Crippen molar-refractivity contribution >= 4 is 86.6 Å². The highest BCUT2D eigenvalue weighted by atomic mass is 16.3. The zero-order chi connectivity index (χ0) is 38.9. The second kappa shape index (κ2) is 11.5. The van der Waals surface area contributed by atoms with E-state index in [0.717, 1.165) is 88.0 Å². The van der Waals surface area contributed by atoms with Crippen LogP contribution in [0.5, 0.6) is 0 Å². The third kappa shape index (κ3) is 4.40. The molecule has 13 rings (SSSR count). The van der Waals surface area contributed by atoms with Crippen molar-refractivity contribution < 1.29 is 7.16 Å². The number of fused-ring (bicyclic) bond motifs is 3. The zero-order valence-electron chi connectivity index (χ0n) is 32.7. The van der Waals surface area contributed by atoms with Gasteiger partial charge in [0.25, 0.3) is 0 Å². The molecule has 0 radical (unpaired) electrons. The molecule has 0 fully saturated rings. The summed E-state index contributed by atoms with van der Waals surface area (Å²) in [4.78, 5) is 0. The van der Waals surface area contributed by atoms with Crippen molar-refractivity contribution in [3.05, 3.63) is 194 Å². The third-order valence-electron chi connectivity index (χ3n) is 12.3. The molecule has 262 valence electrons. The number of para-hydroxylation sites is 1. The predicted octanol–water partition coefficient (Wildman–Crippen LogP) is 16.0. The molecule has 0 N–H and O–H groups in total. The molecule has 0 aliphatic carbocycles. The lowest BCUT2D eigenvalue weighted by Crippen LogP contribution is -1.95. The first kappa shape index (κ1) is 28.9. The lowest BCUT2D eigenvalue weighted by molar-refractivity contribution is 0.669. The minimum Gasteiger partial charge on any atom is -0.456 e. The standard InChI is InChI=1S/C56H32O/c1-2-8-33(9-3-1)46-31-47(40-24-29-52-50(30-40)43-14-4-5-15-51(43)57-52)49(42-26-21-39-19-17-35-11-7-13-37-23-28-45(42)56(39)54(35)37)32-48(46)41-25-20-38-18-16-34-10-6-12-36-22-27-44(41)55(38)53(34)36/h1-32H/i31D,32D. The second-order valence-electron chi connectivity index (χ2n) is 15.4. The van der Waals surface area contributed by atoms with Gasteiger partial charge in [-0.3, -0.25) is 0 Å². The third-order valence-corrected chi connectivity index (χ3v) is 12.3. The molecule has 0 saturated heterocycles. The largest absolute Gasteiger partial charge is 0.456 e. The van der Waals surface area contributed by atoms with Crippen LogP contribution in [-0.4, -0.2) is 0 Å². The fourth-order valence-electron chi connectivity index (χ4n) is 9.73. The van der Waals surface area contributed by atoms with Gasteiger partial charge in [0, 0.05) is 10.8 Å². The molecule has 1 heteroatoms. The average molecular weight is 723 g/mol. The number of rotatable bonds is 4. The van der Waals surface area contributed by atoms with Gasteiger partial charge in [-0.2, -0.15) is 0 Å². The van der Waals surface area contributed by atoms with Crippen molar-refractivity contribution in [2.24, 2.45) is 0 Å². The van der Waals surface area contributed by atoms with E-state index in [1.54, 1.807) is 0 Å². The summed E-state index contributed by atoms with van der Waals surface area (Å²) in [6, 6.07) is 64.8. The van der Waals surface area contributed by atoms with E-state index in [1.807, 2.05) is 42.5 Å². The van der Waals surface area contributed by atoms with Gasteiger partial charge < -0.3 is 4.42 Å². The Bertz CT molecular complexity index is 3830. The Morgan fingerprint density at radius 2 is 0.754 bits per heavy atom. The van der Waals surface area contributed by atoms with Crippen LogP contribution in [0.1, 0.15) is 2.74 Å². The van der Waals surface area contributed by atoms with Crippen molar-refractivity contribution in [3.8, 4) is 44.5 Å². The van der Waals surface area contributed by atoms with Crippen molar-refractivity contribution in [1.29, 1.82) is 0 Å². The maximum absolute atomic E-state index is 10.7. The summed E-state index contributed by atoms with van der Waals surface area (Å²) in [6.45, 7) is 0. The van der Waals surface area contributed by atoms with Gasteiger partial charge in [0.2, 0.25) is 0 Å². The molecule has 0 atom stereocenters. The Labute approximate surface area is 331 Å². The molecule has 13 aromatic rings. The molecule has 57 heavy (non-hydrogen) atoms. The molecule has 0 spiro atoms. The van der Waals surface area contributed by atoms with Gasteiger partial charge in [-0.25, -0.2) is 0 Å². The van der Waals surface area contributed by atoms with E-state index in [1.165, 1.54) is 43.1 Å². The van der Waals surface area contributed by atoms with E-state index < -0.39 is 0 Å². The fourth-order valence-corrected chi connectivity index (χ4v) is 9.73. The molecule has 0 aliphatic heterocycles. The molecule has 12 aromatic carbocycles. The van der Waals surface area contributed by atoms with Crippen molar-refractivity contribution in [2.45, 2.75) is 0 Å². The van der Waals surface area contributed by atoms with Crippen LogP contribution in [-0.2, 0) is 0 Å². The normalized spacial score (nSPS) is 12.7. The average Bonchev–Trinajstić information content (AvgIpc) is 3.66. The zero-order valence-corrected chi connectivity index (χ0v) is 30.7. The molecular weight excluding hydrogens is 689 g/mol. The topological polar surface area (TPSA) is 13.1 Å². The lowest BCUT2D eigenvalue weighted by atomic mass is 9.81. The number of hydrogen-bond acceptors (Lipinski definition) is 1. The van der Waals surface area contributed by atoms with Crippen LogP contribution in [0.15, 0.2) is 198 Å². The monoisotopic (exact) mass is 722 g/mol. The van der Waals surface area contributed by atoms with Gasteiger partial charge >= 0.3 is 0 Å². The van der Waals surface area contributed by atoms with E-state index in [9.17, 15) is 2.74 Å². The summed E-state index contributed by atoms with van der Waals surface area (Å²) < 4.78 is 27.6. The van der Waals surface area contributed by atoms with E-state index in [-0.39, 0.29) is 0 Å². The van der Waals surface area contributed by atoms with Crippen LogP contribution in [0.2, 0.25) is 0 Å². The van der Waals surface area contributed by atoms with E-state index in [2.05, 4.69) is 140 Å². The Kier molecular flexibility index (Phi) is 5.84. The summed E-state index contributed by atoms with van der Waals surface area (Å²) in [7, 11) is 0. The van der Waals surface area contributed by atoms with Crippen LogP contribution in [0.3, 0.4) is 0 Å². The van der Waals surface area contributed by atoms with Crippen LogP contribution >= 0.6 is 0 Å². The number of hydrogen-bond donors (Lipinski definition) is 0. The maximum Gasteiger partial charge on any atom is 0.135 e. The summed E-state index contributed by atoms with van der Waals surface area (Å²) in [5.41, 5.74) is 8.30. The van der Waals surface area contributed by atoms with Crippen molar-refractivity contribution in [1.82, 2.24) is 0 Å². The van der Waals surface area contributed by atoms with Crippen LogP contribution < -0.4 is 0 Å². The smallest absolute Gasteiger partial charge is 0.135 e. The van der Waals surface area contributed by atoms with Gasteiger partial charge in [-0.05, 0) is 139 Å². The molecule has 1 nitrogen and oxygen atoms in total. The summed E-state index contributed by atoms with van der Waals surface area (Å²) >= 11 is 0. The first-order valence-electron chi connectivity index (χ1n) is 20.6. The molecule has 0 amide bonds. The minimum absolute atomic E-state index is 0.390. The Morgan fingerprint density at radius 1 is 0.281 bits per heavy atom. The highest BCUT2D eigenvalue weighted by Crippen LogP contribution is 2.49. The Balaban J connectivity index is 1.22. The predicted molar refractivity (Wildman–Crippen MR) is 243 cm³/mol.